The van der Waals surface area contributed by atoms with E-state index in [9.17, 15) is 0 Å². The van der Waals surface area contributed by atoms with Crippen LogP contribution in [0.2, 0.25) is 0 Å². The Balaban J connectivity index is 1.86. The molecule has 0 bridgehead atoms. The second-order valence-corrected chi connectivity index (χ2v) is 5.59. The maximum Gasteiger partial charge on any atom is 0.0958 e. The standard InChI is InChI=1S/C13H16BrN3/c14-10-4-5-12-13(7-10)17(9-16-12)8-11-3-1-2-6-15-11/h4-5,7,9,11,15H,1-3,6,8H2. The summed E-state index contributed by atoms with van der Waals surface area (Å²) in [6.45, 7) is 2.17. The van der Waals surface area contributed by atoms with Crippen molar-refractivity contribution in [1.82, 2.24) is 14.9 Å². The molecule has 3 rings (SSSR count). The second-order valence-electron chi connectivity index (χ2n) is 4.68. The summed E-state index contributed by atoms with van der Waals surface area (Å²) < 4.78 is 3.37. The van der Waals surface area contributed by atoms with Crippen molar-refractivity contribution >= 4 is 27.0 Å². The Bertz CT molecular complexity index is 514. The van der Waals surface area contributed by atoms with Gasteiger partial charge in [0.1, 0.15) is 0 Å². The molecule has 0 spiro atoms. The van der Waals surface area contributed by atoms with E-state index in [1.54, 1.807) is 0 Å². The molecule has 1 aliphatic heterocycles. The summed E-state index contributed by atoms with van der Waals surface area (Å²) in [5.74, 6) is 0. The zero-order valence-corrected chi connectivity index (χ0v) is 11.3. The number of rotatable bonds is 2. The van der Waals surface area contributed by atoms with E-state index < -0.39 is 0 Å². The predicted octanol–water partition coefficient (Wildman–Crippen LogP) is 2.94. The van der Waals surface area contributed by atoms with Crippen LogP contribution in [0.25, 0.3) is 11.0 Å². The largest absolute Gasteiger partial charge is 0.329 e. The molecule has 2 heterocycles. The van der Waals surface area contributed by atoms with Crippen LogP contribution in [-0.2, 0) is 6.54 Å². The number of hydrogen-bond acceptors (Lipinski definition) is 2. The minimum atomic E-state index is 0.597. The van der Waals surface area contributed by atoms with Crippen molar-refractivity contribution in [3.8, 4) is 0 Å². The van der Waals surface area contributed by atoms with Gasteiger partial charge in [0.25, 0.3) is 0 Å². The molecule has 0 aliphatic carbocycles. The van der Waals surface area contributed by atoms with Crippen molar-refractivity contribution in [2.45, 2.75) is 31.8 Å². The van der Waals surface area contributed by atoms with Crippen molar-refractivity contribution < 1.29 is 0 Å². The summed E-state index contributed by atoms with van der Waals surface area (Å²) in [5.41, 5.74) is 2.29. The Kier molecular flexibility index (Phi) is 3.16. The minimum Gasteiger partial charge on any atom is -0.329 e. The van der Waals surface area contributed by atoms with Crippen molar-refractivity contribution in [2.24, 2.45) is 0 Å². The van der Waals surface area contributed by atoms with Gasteiger partial charge in [0, 0.05) is 17.1 Å². The van der Waals surface area contributed by atoms with Gasteiger partial charge in [-0.3, -0.25) is 0 Å². The lowest BCUT2D eigenvalue weighted by atomic mass is 10.1. The second kappa shape index (κ2) is 4.78. The lowest BCUT2D eigenvalue weighted by molar-refractivity contribution is 0.366. The van der Waals surface area contributed by atoms with Crippen molar-refractivity contribution in [3.63, 3.8) is 0 Å². The van der Waals surface area contributed by atoms with Gasteiger partial charge >= 0.3 is 0 Å². The highest BCUT2D eigenvalue weighted by atomic mass is 79.9. The van der Waals surface area contributed by atoms with Gasteiger partial charge in [-0.25, -0.2) is 4.98 Å². The maximum absolute atomic E-state index is 4.44. The number of halogens is 1. The highest BCUT2D eigenvalue weighted by Gasteiger charge is 2.14. The molecule has 1 aromatic carbocycles. The SMILES string of the molecule is Brc1ccc2ncn(CC3CCCCN3)c2c1. The predicted molar refractivity (Wildman–Crippen MR) is 73.1 cm³/mol. The fraction of sp³-hybridized carbons (Fsp3) is 0.462. The van der Waals surface area contributed by atoms with Crippen LogP contribution in [0.15, 0.2) is 29.0 Å². The Morgan fingerprint density at radius 3 is 3.18 bits per heavy atom. The van der Waals surface area contributed by atoms with Crippen LogP contribution < -0.4 is 5.32 Å². The Morgan fingerprint density at radius 2 is 2.35 bits per heavy atom. The molecule has 1 unspecified atom stereocenters. The van der Waals surface area contributed by atoms with Gasteiger partial charge in [0.05, 0.1) is 17.4 Å². The zero-order valence-electron chi connectivity index (χ0n) is 9.69. The molecule has 17 heavy (non-hydrogen) atoms. The molecule has 1 atom stereocenters. The molecule has 0 saturated carbocycles. The minimum absolute atomic E-state index is 0.597. The zero-order chi connectivity index (χ0) is 11.7. The molecule has 90 valence electrons. The van der Waals surface area contributed by atoms with Gasteiger partial charge in [-0.2, -0.15) is 0 Å². The smallest absolute Gasteiger partial charge is 0.0958 e. The quantitative estimate of drug-likeness (QED) is 0.923. The van der Waals surface area contributed by atoms with Crippen molar-refractivity contribution in [2.75, 3.05) is 6.54 Å². The first-order valence-corrected chi connectivity index (χ1v) is 6.96. The summed E-state index contributed by atoms with van der Waals surface area (Å²) in [7, 11) is 0. The monoisotopic (exact) mass is 293 g/mol. The van der Waals surface area contributed by atoms with Crippen LogP contribution in [0.3, 0.4) is 0 Å². The average molecular weight is 294 g/mol. The van der Waals surface area contributed by atoms with Crippen LogP contribution >= 0.6 is 15.9 Å². The molecule has 3 nitrogen and oxygen atoms in total. The summed E-state index contributed by atoms with van der Waals surface area (Å²) in [6, 6.07) is 6.84. The Labute approximate surface area is 109 Å². The van der Waals surface area contributed by atoms with Crippen molar-refractivity contribution in [3.05, 3.63) is 29.0 Å². The third-order valence-corrected chi connectivity index (χ3v) is 3.91. The molecular formula is C13H16BrN3. The van der Waals surface area contributed by atoms with Crippen LogP contribution in [0.4, 0.5) is 0 Å². The first-order chi connectivity index (χ1) is 8.33. The van der Waals surface area contributed by atoms with E-state index in [-0.39, 0.29) is 0 Å². The van der Waals surface area contributed by atoms with Crippen LogP contribution in [0.5, 0.6) is 0 Å². The van der Waals surface area contributed by atoms with Crippen LogP contribution in [0, 0.1) is 0 Å². The van der Waals surface area contributed by atoms with Gasteiger partial charge < -0.3 is 9.88 Å². The number of benzene rings is 1. The van der Waals surface area contributed by atoms with E-state index in [4.69, 9.17) is 0 Å². The lowest BCUT2D eigenvalue weighted by Gasteiger charge is -2.23. The number of nitrogens with zero attached hydrogens (tertiary/aromatic N) is 2. The fourth-order valence-electron chi connectivity index (χ4n) is 2.49. The highest BCUT2D eigenvalue weighted by molar-refractivity contribution is 9.10. The van der Waals surface area contributed by atoms with Gasteiger partial charge in [-0.1, -0.05) is 22.4 Å². The lowest BCUT2D eigenvalue weighted by Crippen LogP contribution is -2.37. The van der Waals surface area contributed by atoms with Gasteiger partial charge in [0.2, 0.25) is 0 Å². The number of nitrogens with one attached hydrogen (secondary N) is 1. The van der Waals surface area contributed by atoms with Gasteiger partial charge in [-0.15, -0.1) is 0 Å². The maximum atomic E-state index is 4.44. The van der Waals surface area contributed by atoms with E-state index in [1.807, 2.05) is 12.4 Å². The molecule has 4 heteroatoms. The number of piperidine rings is 1. The van der Waals surface area contributed by atoms with Gasteiger partial charge in [-0.05, 0) is 37.6 Å². The molecule has 2 aromatic rings. The third kappa shape index (κ3) is 2.38. The third-order valence-electron chi connectivity index (χ3n) is 3.41. The summed E-state index contributed by atoms with van der Waals surface area (Å²) >= 11 is 3.52. The van der Waals surface area contributed by atoms with Crippen molar-refractivity contribution in [1.29, 1.82) is 0 Å². The fourth-order valence-corrected chi connectivity index (χ4v) is 2.84. The summed E-state index contributed by atoms with van der Waals surface area (Å²) in [4.78, 5) is 4.44. The van der Waals surface area contributed by atoms with Crippen LogP contribution in [-0.4, -0.2) is 22.1 Å². The Hall–Kier alpha value is -0.870. The number of hydrogen-bond donors (Lipinski definition) is 1. The number of aromatic nitrogens is 2. The molecule has 0 amide bonds. The van der Waals surface area contributed by atoms with E-state index >= 15 is 0 Å². The normalized spacial score (nSPS) is 20.9. The van der Waals surface area contributed by atoms with E-state index in [2.05, 4.69) is 42.9 Å². The van der Waals surface area contributed by atoms with E-state index in [0.717, 1.165) is 23.1 Å². The number of imidazole rings is 1. The summed E-state index contributed by atoms with van der Waals surface area (Å²) in [6.07, 6.45) is 5.88. The molecule has 1 aromatic heterocycles. The molecular weight excluding hydrogens is 278 g/mol. The number of fused-ring (bicyclic) bond motifs is 1. The molecule has 0 radical (unpaired) electrons. The average Bonchev–Trinajstić information content (AvgIpc) is 2.73. The Morgan fingerprint density at radius 1 is 1.41 bits per heavy atom. The van der Waals surface area contributed by atoms with Crippen LogP contribution in [0.1, 0.15) is 19.3 Å². The highest BCUT2D eigenvalue weighted by Crippen LogP contribution is 2.20. The van der Waals surface area contributed by atoms with E-state index in [1.165, 1.54) is 24.8 Å². The first-order valence-electron chi connectivity index (χ1n) is 6.17. The van der Waals surface area contributed by atoms with Gasteiger partial charge in [0.15, 0.2) is 0 Å². The summed E-state index contributed by atoms with van der Waals surface area (Å²) in [5, 5.41) is 3.58. The van der Waals surface area contributed by atoms with E-state index in [0.29, 0.717) is 6.04 Å². The molecule has 1 saturated heterocycles. The topological polar surface area (TPSA) is 29.9 Å². The molecule has 1 aliphatic rings. The molecule has 1 fully saturated rings. The first kappa shape index (κ1) is 11.2. The molecule has 1 N–H and O–H groups in total.